The number of fused-ring (bicyclic) bond motifs is 1. The highest BCUT2D eigenvalue weighted by Crippen LogP contribution is 2.24. The second kappa shape index (κ2) is 7.09. The fraction of sp³-hybridized carbons (Fsp3) is 0.529. The van der Waals surface area contributed by atoms with Gasteiger partial charge in [0.05, 0.1) is 12.0 Å². The SMILES string of the molecule is COCCN1C[C@H](CNc2ncnc3nc(C)cc(C)c23)CC1=O. The third-order valence-electron chi connectivity index (χ3n) is 4.35. The van der Waals surface area contributed by atoms with Crippen LogP contribution in [-0.4, -0.2) is 59.1 Å². The lowest BCUT2D eigenvalue weighted by molar-refractivity contribution is -0.128. The van der Waals surface area contributed by atoms with Crippen molar-refractivity contribution in [3.63, 3.8) is 0 Å². The third kappa shape index (κ3) is 3.46. The van der Waals surface area contributed by atoms with E-state index in [0.717, 1.165) is 29.0 Å². The van der Waals surface area contributed by atoms with Crippen molar-refractivity contribution < 1.29 is 9.53 Å². The number of anilines is 1. The molecule has 2 aromatic rings. The first-order chi connectivity index (χ1) is 11.6. The summed E-state index contributed by atoms with van der Waals surface area (Å²) in [5, 5.41) is 4.33. The number of nitrogens with one attached hydrogen (secondary N) is 1. The van der Waals surface area contributed by atoms with Gasteiger partial charge in [-0.05, 0) is 25.5 Å². The summed E-state index contributed by atoms with van der Waals surface area (Å²) in [4.78, 5) is 27.0. The van der Waals surface area contributed by atoms with Crippen molar-refractivity contribution in [1.82, 2.24) is 19.9 Å². The number of aromatic nitrogens is 3. The molecule has 24 heavy (non-hydrogen) atoms. The van der Waals surface area contributed by atoms with E-state index in [1.165, 1.54) is 6.33 Å². The molecule has 2 aromatic heterocycles. The first-order valence-corrected chi connectivity index (χ1v) is 8.18. The number of hydrogen-bond donors (Lipinski definition) is 1. The molecule has 0 saturated carbocycles. The minimum atomic E-state index is 0.194. The summed E-state index contributed by atoms with van der Waals surface area (Å²) in [5.74, 6) is 1.26. The van der Waals surface area contributed by atoms with Crippen LogP contribution in [0.5, 0.6) is 0 Å². The van der Waals surface area contributed by atoms with Crippen molar-refractivity contribution in [2.45, 2.75) is 20.3 Å². The molecule has 3 heterocycles. The van der Waals surface area contributed by atoms with Crippen LogP contribution in [0.3, 0.4) is 0 Å². The molecule has 1 saturated heterocycles. The monoisotopic (exact) mass is 329 g/mol. The number of carbonyl (C=O) groups is 1. The van der Waals surface area contributed by atoms with Gasteiger partial charge in [0.2, 0.25) is 5.91 Å². The number of aryl methyl sites for hydroxylation is 2. The van der Waals surface area contributed by atoms with Crippen molar-refractivity contribution >= 4 is 22.8 Å². The van der Waals surface area contributed by atoms with Crippen LogP contribution in [0.15, 0.2) is 12.4 Å². The normalized spacial score (nSPS) is 17.7. The van der Waals surface area contributed by atoms with E-state index in [1.807, 2.05) is 24.8 Å². The van der Waals surface area contributed by atoms with Gasteiger partial charge in [-0.3, -0.25) is 4.79 Å². The Kier molecular flexibility index (Phi) is 4.89. The van der Waals surface area contributed by atoms with E-state index in [4.69, 9.17) is 4.74 Å². The summed E-state index contributed by atoms with van der Waals surface area (Å²) in [6, 6.07) is 2.03. The zero-order valence-corrected chi connectivity index (χ0v) is 14.4. The van der Waals surface area contributed by atoms with Crippen LogP contribution in [0.2, 0.25) is 0 Å². The lowest BCUT2D eigenvalue weighted by Gasteiger charge is -2.16. The number of hydrogen-bond acceptors (Lipinski definition) is 6. The number of pyridine rings is 1. The van der Waals surface area contributed by atoms with Crippen molar-refractivity contribution in [3.05, 3.63) is 23.7 Å². The van der Waals surface area contributed by atoms with E-state index in [1.54, 1.807) is 7.11 Å². The zero-order valence-electron chi connectivity index (χ0n) is 14.4. The van der Waals surface area contributed by atoms with Crippen LogP contribution in [0.4, 0.5) is 5.82 Å². The van der Waals surface area contributed by atoms with E-state index < -0.39 is 0 Å². The van der Waals surface area contributed by atoms with Gasteiger partial charge in [-0.2, -0.15) is 0 Å². The Morgan fingerprint density at radius 2 is 2.21 bits per heavy atom. The Morgan fingerprint density at radius 3 is 3.00 bits per heavy atom. The number of amides is 1. The molecule has 0 bridgehead atoms. The van der Waals surface area contributed by atoms with Gasteiger partial charge >= 0.3 is 0 Å². The van der Waals surface area contributed by atoms with E-state index in [9.17, 15) is 4.79 Å². The summed E-state index contributed by atoms with van der Waals surface area (Å²) in [6.45, 7) is 6.69. The summed E-state index contributed by atoms with van der Waals surface area (Å²) in [5.41, 5.74) is 2.75. The molecule has 0 spiro atoms. The maximum absolute atomic E-state index is 12.0. The molecule has 128 valence electrons. The first kappa shape index (κ1) is 16.6. The van der Waals surface area contributed by atoms with Crippen molar-refractivity contribution in [1.29, 1.82) is 0 Å². The quantitative estimate of drug-likeness (QED) is 0.866. The molecule has 0 aromatic carbocycles. The molecule has 0 radical (unpaired) electrons. The molecule has 1 fully saturated rings. The van der Waals surface area contributed by atoms with Gasteiger partial charge in [0.1, 0.15) is 12.1 Å². The highest BCUT2D eigenvalue weighted by Gasteiger charge is 2.29. The van der Waals surface area contributed by atoms with Crippen molar-refractivity contribution in [2.75, 3.05) is 38.7 Å². The Balaban J connectivity index is 1.70. The van der Waals surface area contributed by atoms with Crippen LogP contribution in [0.25, 0.3) is 11.0 Å². The minimum absolute atomic E-state index is 0.194. The van der Waals surface area contributed by atoms with Crippen LogP contribution < -0.4 is 5.32 Å². The van der Waals surface area contributed by atoms with Gasteiger partial charge in [-0.15, -0.1) is 0 Å². The van der Waals surface area contributed by atoms with Crippen LogP contribution >= 0.6 is 0 Å². The molecule has 3 rings (SSSR count). The largest absolute Gasteiger partial charge is 0.383 e. The lowest BCUT2D eigenvalue weighted by atomic mass is 10.1. The summed E-state index contributed by atoms with van der Waals surface area (Å²) < 4.78 is 5.05. The van der Waals surface area contributed by atoms with E-state index >= 15 is 0 Å². The molecule has 7 heteroatoms. The van der Waals surface area contributed by atoms with Gasteiger partial charge < -0.3 is 15.0 Å². The second-order valence-electron chi connectivity index (χ2n) is 6.29. The van der Waals surface area contributed by atoms with Crippen LogP contribution in [-0.2, 0) is 9.53 Å². The average Bonchev–Trinajstić information content (AvgIpc) is 2.90. The van der Waals surface area contributed by atoms with Gasteiger partial charge in [0.15, 0.2) is 5.65 Å². The third-order valence-corrected chi connectivity index (χ3v) is 4.35. The first-order valence-electron chi connectivity index (χ1n) is 8.18. The van der Waals surface area contributed by atoms with Gasteiger partial charge in [-0.1, -0.05) is 0 Å². The maximum Gasteiger partial charge on any atom is 0.223 e. The fourth-order valence-electron chi connectivity index (χ4n) is 3.19. The van der Waals surface area contributed by atoms with Crippen LogP contribution in [0, 0.1) is 19.8 Å². The molecule has 1 aliphatic heterocycles. The van der Waals surface area contributed by atoms with E-state index in [0.29, 0.717) is 31.8 Å². The summed E-state index contributed by atoms with van der Waals surface area (Å²) in [7, 11) is 1.65. The number of nitrogens with zero attached hydrogens (tertiary/aromatic N) is 4. The molecule has 7 nitrogen and oxygen atoms in total. The Morgan fingerprint density at radius 1 is 1.38 bits per heavy atom. The molecule has 1 atom stereocenters. The van der Waals surface area contributed by atoms with E-state index in [2.05, 4.69) is 20.3 Å². The number of ether oxygens (including phenoxy) is 1. The van der Waals surface area contributed by atoms with E-state index in [-0.39, 0.29) is 11.8 Å². The lowest BCUT2D eigenvalue weighted by Crippen LogP contribution is -2.29. The summed E-state index contributed by atoms with van der Waals surface area (Å²) in [6.07, 6.45) is 2.09. The number of carbonyl (C=O) groups excluding carboxylic acids is 1. The second-order valence-corrected chi connectivity index (χ2v) is 6.29. The predicted molar refractivity (Wildman–Crippen MR) is 91.9 cm³/mol. The van der Waals surface area contributed by atoms with Gasteiger partial charge in [-0.25, -0.2) is 15.0 Å². The molecular formula is C17H23N5O2. The molecule has 1 N–H and O–H groups in total. The van der Waals surface area contributed by atoms with Crippen molar-refractivity contribution in [3.8, 4) is 0 Å². The van der Waals surface area contributed by atoms with Crippen LogP contribution in [0.1, 0.15) is 17.7 Å². The van der Waals surface area contributed by atoms with Gasteiger partial charge in [0.25, 0.3) is 0 Å². The summed E-state index contributed by atoms with van der Waals surface area (Å²) >= 11 is 0. The molecular weight excluding hydrogens is 306 g/mol. The molecule has 1 amide bonds. The van der Waals surface area contributed by atoms with Gasteiger partial charge in [0, 0.05) is 44.8 Å². The topological polar surface area (TPSA) is 80.2 Å². The predicted octanol–water partition coefficient (Wildman–Crippen LogP) is 1.55. The zero-order chi connectivity index (χ0) is 17.1. The maximum atomic E-state index is 12.0. The number of rotatable bonds is 6. The highest BCUT2D eigenvalue weighted by molar-refractivity contribution is 5.89. The fourth-order valence-corrected chi connectivity index (χ4v) is 3.19. The Hall–Kier alpha value is -2.28. The standard InChI is InChI=1S/C17H23N5O2/c1-11-6-12(2)21-17-15(11)16(19-10-20-17)18-8-13-7-14(23)22(9-13)4-5-24-3/h6,10,13H,4-5,7-9H2,1-3H3,(H,18,19,20,21)/t13-/m0/s1. The number of methoxy groups -OCH3 is 1. The smallest absolute Gasteiger partial charge is 0.223 e. The average molecular weight is 329 g/mol. The minimum Gasteiger partial charge on any atom is -0.383 e. The Bertz CT molecular complexity index is 749. The Labute approximate surface area is 141 Å². The van der Waals surface area contributed by atoms with Crippen molar-refractivity contribution in [2.24, 2.45) is 5.92 Å². The number of likely N-dealkylation sites (tertiary alicyclic amines) is 1. The molecule has 1 aliphatic rings. The molecule has 0 unspecified atom stereocenters. The molecule has 0 aliphatic carbocycles. The highest BCUT2D eigenvalue weighted by atomic mass is 16.5.